The second-order valence-corrected chi connectivity index (χ2v) is 1.79. The molecule has 54 valence electrons. The van der Waals surface area contributed by atoms with Crippen molar-refractivity contribution in [1.29, 1.82) is 0 Å². The molecule has 1 unspecified atom stereocenters. The number of aliphatic hydroxyl groups excluding tert-OH is 1. The van der Waals surface area contributed by atoms with Gasteiger partial charge in [-0.2, -0.15) is 0 Å². The van der Waals surface area contributed by atoms with Gasteiger partial charge in [-0.3, -0.25) is 0 Å². The molecule has 4 heteroatoms. The Balaban J connectivity index is 2.75. The SMILES string of the molecule is O=C(O)C1OC=CC1=CO. The van der Waals surface area contributed by atoms with Crippen LogP contribution in [0.2, 0.25) is 0 Å². The summed E-state index contributed by atoms with van der Waals surface area (Å²) in [5.41, 5.74) is 0.257. The van der Waals surface area contributed by atoms with Crippen molar-refractivity contribution in [1.82, 2.24) is 0 Å². The maximum absolute atomic E-state index is 10.3. The standard InChI is InChI=1S/C6H6O4/c7-3-4-1-2-10-5(4)6(8)9/h1-3,5,7H,(H,8,9). The Kier molecular flexibility index (Phi) is 1.62. The normalized spacial score (nSPS) is 26.8. The molecular weight excluding hydrogens is 136 g/mol. The molecule has 0 fully saturated rings. The van der Waals surface area contributed by atoms with Gasteiger partial charge in [-0.05, 0) is 6.08 Å². The highest BCUT2D eigenvalue weighted by Gasteiger charge is 2.25. The molecule has 10 heavy (non-hydrogen) atoms. The summed E-state index contributed by atoms with van der Waals surface area (Å²) in [6, 6.07) is 0. The Morgan fingerprint density at radius 3 is 2.90 bits per heavy atom. The Morgan fingerprint density at radius 1 is 1.80 bits per heavy atom. The number of carboxylic acids is 1. The molecule has 1 rings (SSSR count). The van der Waals surface area contributed by atoms with E-state index in [1.54, 1.807) is 0 Å². The van der Waals surface area contributed by atoms with Crippen LogP contribution in [0.3, 0.4) is 0 Å². The highest BCUT2D eigenvalue weighted by atomic mass is 16.5. The monoisotopic (exact) mass is 142 g/mol. The summed E-state index contributed by atoms with van der Waals surface area (Å²) >= 11 is 0. The molecule has 4 nitrogen and oxygen atoms in total. The molecule has 0 bridgehead atoms. The zero-order valence-corrected chi connectivity index (χ0v) is 5.02. The summed E-state index contributed by atoms with van der Waals surface area (Å²) in [5.74, 6) is -1.11. The van der Waals surface area contributed by atoms with E-state index in [4.69, 9.17) is 10.2 Å². The third-order valence-corrected chi connectivity index (χ3v) is 1.15. The van der Waals surface area contributed by atoms with E-state index in [0.717, 1.165) is 6.26 Å². The molecular formula is C6H6O4. The van der Waals surface area contributed by atoms with Crippen molar-refractivity contribution in [3.63, 3.8) is 0 Å². The third kappa shape index (κ3) is 0.953. The molecule has 0 saturated carbocycles. The Hall–Kier alpha value is -1.45. The maximum atomic E-state index is 10.3. The number of aliphatic carboxylic acids is 1. The van der Waals surface area contributed by atoms with Gasteiger partial charge in [0.15, 0.2) is 0 Å². The number of carboxylic acid groups (broad SMARTS) is 1. The van der Waals surface area contributed by atoms with Crippen molar-refractivity contribution in [2.24, 2.45) is 0 Å². The molecule has 0 saturated heterocycles. The van der Waals surface area contributed by atoms with E-state index in [2.05, 4.69) is 4.74 Å². The van der Waals surface area contributed by atoms with Crippen LogP contribution in [-0.2, 0) is 9.53 Å². The van der Waals surface area contributed by atoms with Crippen molar-refractivity contribution in [2.45, 2.75) is 6.10 Å². The molecule has 2 N–H and O–H groups in total. The average molecular weight is 142 g/mol. The maximum Gasteiger partial charge on any atom is 0.349 e. The van der Waals surface area contributed by atoms with Gasteiger partial charge in [0.05, 0.1) is 12.5 Å². The van der Waals surface area contributed by atoms with Crippen molar-refractivity contribution in [3.05, 3.63) is 24.2 Å². The molecule has 0 amide bonds. The van der Waals surface area contributed by atoms with Gasteiger partial charge in [-0.25, -0.2) is 4.79 Å². The molecule has 0 aromatic heterocycles. The minimum absolute atomic E-state index is 0.257. The summed E-state index contributed by atoms with van der Waals surface area (Å²) in [6.45, 7) is 0. The largest absolute Gasteiger partial charge is 0.515 e. The van der Waals surface area contributed by atoms with Gasteiger partial charge in [-0.15, -0.1) is 0 Å². The summed E-state index contributed by atoms with van der Waals surface area (Å²) in [4.78, 5) is 10.3. The predicted octanol–water partition coefficient (Wildman–Crippen LogP) is 0.425. The van der Waals surface area contributed by atoms with Crippen LogP contribution in [0.5, 0.6) is 0 Å². The second-order valence-electron chi connectivity index (χ2n) is 1.79. The molecule has 1 aliphatic heterocycles. The average Bonchev–Trinajstić information content (AvgIpc) is 2.33. The summed E-state index contributed by atoms with van der Waals surface area (Å²) < 4.78 is 4.61. The minimum atomic E-state index is -1.11. The van der Waals surface area contributed by atoms with Gasteiger partial charge in [-0.1, -0.05) is 0 Å². The van der Waals surface area contributed by atoms with Gasteiger partial charge < -0.3 is 14.9 Å². The lowest BCUT2D eigenvalue weighted by molar-refractivity contribution is -0.144. The first kappa shape index (κ1) is 6.67. The predicted molar refractivity (Wildman–Crippen MR) is 32.4 cm³/mol. The first-order chi connectivity index (χ1) is 4.75. The smallest absolute Gasteiger partial charge is 0.349 e. The Labute approximate surface area is 57.0 Å². The fourth-order valence-corrected chi connectivity index (χ4v) is 0.674. The fourth-order valence-electron chi connectivity index (χ4n) is 0.674. The summed E-state index contributed by atoms with van der Waals surface area (Å²) in [6.07, 6.45) is 2.33. The van der Waals surface area contributed by atoms with E-state index in [9.17, 15) is 4.79 Å². The second kappa shape index (κ2) is 2.43. The van der Waals surface area contributed by atoms with Crippen LogP contribution in [0.4, 0.5) is 0 Å². The van der Waals surface area contributed by atoms with Crippen molar-refractivity contribution >= 4 is 5.97 Å². The zero-order chi connectivity index (χ0) is 7.56. The van der Waals surface area contributed by atoms with E-state index >= 15 is 0 Å². The highest BCUT2D eigenvalue weighted by Crippen LogP contribution is 2.15. The number of aliphatic hydroxyl groups is 1. The Bertz CT molecular complexity index is 204. The number of ether oxygens (including phenoxy) is 1. The molecule has 0 aliphatic carbocycles. The van der Waals surface area contributed by atoms with Crippen LogP contribution in [0.1, 0.15) is 0 Å². The fraction of sp³-hybridized carbons (Fsp3) is 0.167. The minimum Gasteiger partial charge on any atom is -0.515 e. The number of carbonyl (C=O) groups is 1. The van der Waals surface area contributed by atoms with E-state index in [1.807, 2.05) is 0 Å². The van der Waals surface area contributed by atoms with E-state index in [1.165, 1.54) is 12.3 Å². The lowest BCUT2D eigenvalue weighted by Crippen LogP contribution is -2.20. The number of rotatable bonds is 1. The quantitative estimate of drug-likeness (QED) is 0.521. The van der Waals surface area contributed by atoms with Gasteiger partial charge in [0.25, 0.3) is 0 Å². The topological polar surface area (TPSA) is 66.8 Å². The number of hydrogen-bond donors (Lipinski definition) is 2. The molecule has 1 aliphatic rings. The summed E-state index contributed by atoms with van der Waals surface area (Å²) in [5, 5.41) is 16.8. The molecule has 1 heterocycles. The van der Waals surface area contributed by atoms with Gasteiger partial charge in [0.2, 0.25) is 6.10 Å². The van der Waals surface area contributed by atoms with Crippen molar-refractivity contribution in [2.75, 3.05) is 0 Å². The van der Waals surface area contributed by atoms with E-state index in [0.29, 0.717) is 0 Å². The van der Waals surface area contributed by atoms with Gasteiger partial charge in [0.1, 0.15) is 0 Å². The van der Waals surface area contributed by atoms with Gasteiger partial charge >= 0.3 is 5.97 Å². The van der Waals surface area contributed by atoms with Crippen LogP contribution in [0, 0.1) is 0 Å². The lowest BCUT2D eigenvalue weighted by atomic mass is 10.2. The summed E-state index contributed by atoms with van der Waals surface area (Å²) in [7, 11) is 0. The lowest BCUT2D eigenvalue weighted by Gasteiger charge is -2.03. The number of hydrogen-bond acceptors (Lipinski definition) is 3. The first-order valence-electron chi connectivity index (χ1n) is 2.65. The molecule has 0 aromatic carbocycles. The van der Waals surface area contributed by atoms with Crippen LogP contribution in [-0.4, -0.2) is 22.3 Å². The van der Waals surface area contributed by atoms with Crippen molar-refractivity contribution in [3.8, 4) is 0 Å². The zero-order valence-electron chi connectivity index (χ0n) is 5.02. The Morgan fingerprint density at radius 2 is 2.50 bits per heavy atom. The molecule has 0 aromatic rings. The van der Waals surface area contributed by atoms with E-state index in [-0.39, 0.29) is 5.57 Å². The van der Waals surface area contributed by atoms with Crippen LogP contribution in [0.25, 0.3) is 0 Å². The van der Waals surface area contributed by atoms with E-state index < -0.39 is 12.1 Å². The molecule has 1 atom stereocenters. The van der Waals surface area contributed by atoms with Crippen molar-refractivity contribution < 1.29 is 19.7 Å². The molecule has 0 spiro atoms. The van der Waals surface area contributed by atoms with Gasteiger partial charge in [0, 0.05) is 5.57 Å². The highest BCUT2D eigenvalue weighted by molar-refractivity contribution is 5.77. The first-order valence-corrected chi connectivity index (χ1v) is 2.65. The molecule has 0 radical (unpaired) electrons. The van der Waals surface area contributed by atoms with Crippen LogP contribution >= 0.6 is 0 Å². The van der Waals surface area contributed by atoms with Crippen LogP contribution in [0.15, 0.2) is 24.2 Å². The third-order valence-electron chi connectivity index (χ3n) is 1.15. The van der Waals surface area contributed by atoms with Crippen LogP contribution < -0.4 is 0 Å².